The number of nitrogens with zero attached hydrogens (tertiary/aromatic N) is 4. The van der Waals surface area contributed by atoms with Crippen molar-refractivity contribution in [2.75, 3.05) is 24.7 Å². The van der Waals surface area contributed by atoms with E-state index in [1.807, 2.05) is 56.3 Å². The van der Waals surface area contributed by atoms with E-state index < -0.39 is 0 Å². The topological polar surface area (TPSA) is 80.1 Å². The van der Waals surface area contributed by atoms with Gasteiger partial charge >= 0.3 is 0 Å². The predicted octanol–water partition coefficient (Wildman–Crippen LogP) is 3.73. The van der Waals surface area contributed by atoms with Crippen LogP contribution in [0.15, 0.2) is 53.9 Å². The van der Waals surface area contributed by atoms with Crippen molar-refractivity contribution in [1.29, 1.82) is 0 Å². The Labute approximate surface area is 184 Å². The number of aromatic nitrogens is 3. The quantitative estimate of drug-likeness (QED) is 0.563. The molecule has 1 aromatic heterocycles. The molecule has 0 atom stereocenters. The Hall–Kier alpha value is -2.84. The molecule has 0 bridgehead atoms. The summed E-state index contributed by atoms with van der Waals surface area (Å²) >= 11 is 7.46. The monoisotopic (exact) mass is 443 g/mol. The highest BCUT2D eigenvalue weighted by molar-refractivity contribution is 7.99. The van der Waals surface area contributed by atoms with E-state index in [0.717, 1.165) is 16.8 Å². The average molecular weight is 444 g/mol. The molecule has 0 saturated carbocycles. The van der Waals surface area contributed by atoms with Crippen LogP contribution < -0.4 is 5.32 Å². The van der Waals surface area contributed by atoms with Crippen LogP contribution in [0.5, 0.6) is 0 Å². The molecular weight excluding hydrogens is 422 g/mol. The zero-order chi connectivity index (χ0) is 21.7. The third-order valence-electron chi connectivity index (χ3n) is 4.42. The number of rotatable bonds is 7. The van der Waals surface area contributed by atoms with Gasteiger partial charge in [-0.25, -0.2) is 0 Å². The van der Waals surface area contributed by atoms with Crippen LogP contribution in [-0.2, 0) is 9.59 Å². The summed E-state index contributed by atoms with van der Waals surface area (Å²) < 4.78 is 1.77. The van der Waals surface area contributed by atoms with E-state index in [9.17, 15) is 9.59 Å². The highest BCUT2D eigenvalue weighted by Gasteiger charge is 2.16. The fourth-order valence-corrected chi connectivity index (χ4v) is 3.65. The lowest BCUT2D eigenvalue weighted by atomic mass is 10.2. The van der Waals surface area contributed by atoms with Gasteiger partial charge in [0.15, 0.2) is 5.16 Å². The smallest absolute Gasteiger partial charge is 0.243 e. The van der Waals surface area contributed by atoms with E-state index in [1.54, 1.807) is 17.9 Å². The molecule has 3 aromatic rings. The van der Waals surface area contributed by atoms with Gasteiger partial charge in [0.05, 0.1) is 18.0 Å². The first kappa shape index (κ1) is 21.9. The number of thioether (sulfide) groups is 1. The lowest BCUT2D eigenvalue weighted by Crippen LogP contribution is -2.36. The van der Waals surface area contributed by atoms with E-state index in [4.69, 9.17) is 11.6 Å². The molecule has 3 rings (SSSR count). The van der Waals surface area contributed by atoms with Crippen LogP contribution in [0.25, 0.3) is 5.69 Å². The third kappa shape index (κ3) is 5.61. The first-order chi connectivity index (χ1) is 14.3. The maximum Gasteiger partial charge on any atom is 0.243 e. The van der Waals surface area contributed by atoms with Crippen molar-refractivity contribution in [2.24, 2.45) is 0 Å². The summed E-state index contributed by atoms with van der Waals surface area (Å²) in [5.74, 6) is -0.306. The highest BCUT2D eigenvalue weighted by atomic mass is 35.5. The average Bonchev–Trinajstić information content (AvgIpc) is 3.18. The molecule has 2 amide bonds. The van der Waals surface area contributed by atoms with Crippen LogP contribution >= 0.6 is 23.4 Å². The van der Waals surface area contributed by atoms with E-state index in [0.29, 0.717) is 15.9 Å². The van der Waals surface area contributed by atoms with Gasteiger partial charge in [0, 0.05) is 17.8 Å². The molecule has 1 N–H and O–H groups in total. The van der Waals surface area contributed by atoms with Gasteiger partial charge in [0.1, 0.15) is 6.33 Å². The molecule has 0 spiro atoms. The lowest BCUT2D eigenvalue weighted by molar-refractivity contribution is -0.131. The number of likely N-dealkylation sites (N-methyl/N-ethyl adjacent to an activating group) is 1. The maximum absolute atomic E-state index is 12.5. The summed E-state index contributed by atoms with van der Waals surface area (Å²) in [6.07, 6.45) is 1.58. The molecule has 156 valence electrons. The second-order valence-corrected chi connectivity index (χ2v) is 8.22. The Morgan fingerprint density at radius 1 is 1.17 bits per heavy atom. The number of anilines is 1. The van der Waals surface area contributed by atoms with Gasteiger partial charge in [-0.2, -0.15) is 0 Å². The zero-order valence-corrected chi connectivity index (χ0v) is 18.5. The predicted molar refractivity (Wildman–Crippen MR) is 119 cm³/mol. The molecule has 0 unspecified atom stereocenters. The van der Waals surface area contributed by atoms with Crippen LogP contribution in [0.4, 0.5) is 5.69 Å². The standard InChI is InChI=1S/C21H22ClN5O2S/c1-14-4-7-16(8-5-14)24-19(28)11-26(3)20(29)12-30-21-25-23-13-27(21)17-9-6-15(2)18(22)10-17/h4-10,13H,11-12H2,1-3H3,(H,24,28). The number of hydrogen-bond donors (Lipinski definition) is 1. The Morgan fingerprint density at radius 2 is 1.90 bits per heavy atom. The molecule has 0 saturated heterocycles. The van der Waals surface area contributed by atoms with Gasteiger partial charge in [0.2, 0.25) is 11.8 Å². The Balaban J connectivity index is 1.55. The number of halogens is 1. The van der Waals surface area contributed by atoms with Crippen LogP contribution in [0.2, 0.25) is 5.02 Å². The highest BCUT2D eigenvalue weighted by Crippen LogP contribution is 2.24. The Kier molecular flexibility index (Phi) is 7.12. The van der Waals surface area contributed by atoms with E-state index in [1.165, 1.54) is 16.7 Å². The summed E-state index contributed by atoms with van der Waals surface area (Å²) in [5.41, 5.74) is 3.60. The third-order valence-corrected chi connectivity index (χ3v) is 5.75. The first-order valence-corrected chi connectivity index (χ1v) is 10.6. The second kappa shape index (κ2) is 9.77. The van der Waals surface area contributed by atoms with E-state index in [2.05, 4.69) is 15.5 Å². The van der Waals surface area contributed by atoms with Gasteiger partial charge < -0.3 is 10.2 Å². The van der Waals surface area contributed by atoms with Crippen molar-refractivity contribution in [2.45, 2.75) is 19.0 Å². The van der Waals surface area contributed by atoms with Crippen molar-refractivity contribution in [1.82, 2.24) is 19.7 Å². The van der Waals surface area contributed by atoms with Crippen molar-refractivity contribution in [3.63, 3.8) is 0 Å². The minimum absolute atomic E-state index is 0.0342. The SMILES string of the molecule is Cc1ccc(NC(=O)CN(C)C(=O)CSc2nncn2-c2ccc(C)c(Cl)c2)cc1. The van der Waals surface area contributed by atoms with Gasteiger partial charge in [0.25, 0.3) is 0 Å². The maximum atomic E-state index is 12.5. The molecule has 1 heterocycles. The number of carbonyl (C=O) groups excluding carboxylic acids is 2. The van der Waals surface area contributed by atoms with Crippen molar-refractivity contribution in [3.8, 4) is 5.69 Å². The minimum Gasteiger partial charge on any atom is -0.336 e. The molecule has 0 aliphatic carbocycles. The molecule has 0 fully saturated rings. The van der Waals surface area contributed by atoms with Crippen molar-refractivity contribution >= 4 is 40.9 Å². The molecule has 0 radical (unpaired) electrons. The number of nitrogens with one attached hydrogen (secondary N) is 1. The minimum atomic E-state index is -0.253. The summed E-state index contributed by atoms with van der Waals surface area (Å²) in [5, 5.41) is 12.0. The summed E-state index contributed by atoms with van der Waals surface area (Å²) in [6.45, 7) is 3.87. The van der Waals surface area contributed by atoms with Gasteiger partial charge in [-0.1, -0.05) is 47.1 Å². The fourth-order valence-electron chi connectivity index (χ4n) is 2.61. The van der Waals surface area contributed by atoms with Gasteiger partial charge in [-0.3, -0.25) is 14.2 Å². The molecule has 30 heavy (non-hydrogen) atoms. The second-order valence-electron chi connectivity index (χ2n) is 6.87. The Morgan fingerprint density at radius 3 is 2.60 bits per heavy atom. The normalized spacial score (nSPS) is 10.7. The molecule has 9 heteroatoms. The lowest BCUT2D eigenvalue weighted by Gasteiger charge is -2.16. The largest absolute Gasteiger partial charge is 0.336 e. The Bertz CT molecular complexity index is 1050. The number of hydrogen-bond acceptors (Lipinski definition) is 5. The summed E-state index contributed by atoms with van der Waals surface area (Å²) in [6, 6.07) is 13.1. The van der Waals surface area contributed by atoms with Crippen LogP contribution in [0.3, 0.4) is 0 Å². The van der Waals surface area contributed by atoms with Gasteiger partial charge in [-0.05, 0) is 43.7 Å². The first-order valence-electron chi connectivity index (χ1n) is 9.23. The molecule has 0 aliphatic heterocycles. The molecule has 0 aliphatic rings. The van der Waals surface area contributed by atoms with Gasteiger partial charge in [-0.15, -0.1) is 10.2 Å². The van der Waals surface area contributed by atoms with E-state index in [-0.39, 0.29) is 24.1 Å². The zero-order valence-electron chi connectivity index (χ0n) is 16.9. The number of carbonyl (C=O) groups is 2. The number of aryl methyl sites for hydroxylation is 2. The van der Waals surface area contributed by atoms with E-state index >= 15 is 0 Å². The number of amides is 2. The van der Waals surface area contributed by atoms with Crippen LogP contribution in [-0.4, -0.2) is 50.8 Å². The summed E-state index contributed by atoms with van der Waals surface area (Å²) in [4.78, 5) is 26.0. The fraction of sp³-hybridized carbons (Fsp3) is 0.238. The number of benzene rings is 2. The van der Waals surface area contributed by atoms with Crippen LogP contribution in [0.1, 0.15) is 11.1 Å². The molecular formula is C21H22ClN5O2S. The van der Waals surface area contributed by atoms with Crippen LogP contribution in [0, 0.1) is 13.8 Å². The summed E-state index contributed by atoms with van der Waals surface area (Å²) in [7, 11) is 1.60. The van der Waals surface area contributed by atoms with Crippen molar-refractivity contribution < 1.29 is 9.59 Å². The molecule has 2 aromatic carbocycles. The molecule has 7 nitrogen and oxygen atoms in total. The van der Waals surface area contributed by atoms with Crippen molar-refractivity contribution in [3.05, 3.63) is 64.9 Å².